The van der Waals surface area contributed by atoms with Gasteiger partial charge in [-0.25, -0.2) is 0 Å². The number of carboxylic acid groups (broad SMARTS) is 1. The Bertz CT molecular complexity index is 498. The highest BCUT2D eigenvalue weighted by Crippen LogP contribution is 2.26. The molecule has 0 aromatic carbocycles. The Morgan fingerprint density at radius 1 is 1.10 bits per heavy atom. The molecule has 2 rings (SSSR count). The average Bonchev–Trinajstić information content (AvgIpc) is 2.89. The van der Waals surface area contributed by atoms with Crippen molar-refractivity contribution < 1.29 is 23.1 Å². The molecule has 2 aliphatic heterocycles. The Kier molecular flexibility index (Phi) is 4.31. The fraction of sp³-hybridized carbons (Fsp3) is 0.818. The maximum absolute atomic E-state index is 12.5. The van der Waals surface area contributed by atoms with Crippen LogP contribution in [0.15, 0.2) is 0 Å². The van der Waals surface area contributed by atoms with Gasteiger partial charge in [0.2, 0.25) is 5.91 Å². The molecule has 8 nitrogen and oxygen atoms in total. The molecule has 0 aromatic heterocycles. The predicted octanol–water partition coefficient (Wildman–Crippen LogP) is -1.02. The van der Waals surface area contributed by atoms with Crippen LogP contribution in [-0.4, -0.2) is 59.7 Å². The molecule has 9 heteroatoms. The van der Waals surface area contributed by atoms with Crippen LogP contribution in [0.4, 0.5) is 0 Å². The molecular formula is C11H19N3O5S. The van der Waals surface area contributed by atoms with Crippen molar-refractivity contribution in [1.82, 2.24) is 8.61 Å². The normalized spacial score (nSPS) is 26.7. The van der Waals surface area contributed by atoms with Crippen LogP contribution in [0.2, 0.25) is 0 Å². The summed E-state index contributed by atoms with van der Waals surface area (Å²) in [6.07, 6.45) is 1.64. The molecule has 114 valence electrons. The van der Waals surface area contributed by atoms with Gasteiger partial charge in [-0.3, -0.25) is 9.59 Å². The van der Waals surface area contributed by atoms with Gasteiger partial charge in [-0.1, -0.05) is 0 Å². The lowest BCUT2D eigenvalue weighted by Crippen LogP contribution is -2.52. The number of aliphatic carboxylic acids is 1. The number of hydrogen-bond acceptors (Lipinski definition) is 4. The van der Waals surface area contributed by atoms with Crippen molar-refractivity contribution in [1.29, 1.82) is 0 Å². The maximum Gasteiger partial charge on any atom is 0.306 e. The van der Waals surface area contributed by atoms with E-state index in [2.05, 4.69) is 0 Å². The molecule has 0 saturated carbocycles. The summed E-state index contributed by atoms with van der Waals surface area (Å²) in [6, 6.07) is -0.780. The van der Waals surface area contributed by atoms with Crippen molar-refractivity contribution in [3.8, 4) is 0 Å². The minimum atomic E-state index is -3.73. The second kappa shape index (κ2) is 5.66. The van der Waals surface area contributed by atoms with E-state index in [0.29, 0.717) is 25.7 Å². The molecule has 1 amide bonds. The van der Waals surface area contributed by atoms with Crippen molar-refractivity contribution in [2.75, 3.05) is 19.6 Å². The van der Waals surface area contributed by atoms with E-state index in [9.17, 15) is 18.0 Å². The van der Waals surface area contributed by atoms with Gasteiger partial charge >= 0.3 is 5.97 Å². The minimum absolute atomic E-state index is 0.168. The Labute approximate surface area is 117 Å². The largest absolute Gasteiger partial charge is 0.481 e. The fourth-order valence-electron chi connectivity index (χ4n) is 2.78. The van der Waals surface area contributed by atoms with E-state index in [0.717, 1.165) is 4.31 Å². The molecule has 1 atom stereocenters. The molecule has 0 bridgehead atoms. The van der Waals surface area contributed by atoms with Gasteiger partial charge < -0.3 is 10.8 Å². The summed E-state index contributed by atoms with van der Waals surface area (Å²) >= 11 is 0. The van der Waals surface area contributed by atoms with Crippen molar-refractivity contribution in [2.24, 2.45) is 11.7 Å². The minimum Gasteiger partial charge on any atom is -0.481 e. The standard InChI is InChI=1S/C11H19N3O5S/c12-10(15)9-2-1-5-14(9)20(18,19)13-6-3-8(4-7-13)11(16)17/h8-9H,1-7H2,(H2,12,15)(H,16,17). The summed E-state index contributed by atoms with van der Waals surface area (Å²) in [6.45, 7) is 0.622. The number of primary amides is 1. The van der Waals surface area contributed by atoms with E-state index in [4.69, 9.17) is 10.8 Å². The molecule has 0 aliphatic carbocycles. The number of rotatable bonds is 4. The summed E-state index contributed by atoms with van der Waals surface area (Å²) in [5.41, 5.74) is 5.23. The van der Waals surface area contributed by atoms with Gasteiger partial charge in [0.05, 0.1) is 5.92 Å². The number of carboxylic acids is 1. The van der Waals surface area contributed by atoms with Crippen LogP contribution in [0.3, 0.4) is 0 Å². The first-order chi connectivity index (χ1) is 9.34. The molecule has 0 radical (unpaired) electrons. The number of carbonyl (C=O) groups is 2. The summed E-state index contributed by atoms with van der Waals surface area (Å²) < 4.78 is 27.4. The van der Waals surface area contributed by atoms with Gasteiger partial charge in [0, 0.05) is 19.6 Å². The van der Waals surface area contributed by atoms with Gasteiger partial charge in [-0.05, 0) is 25.7 Å². The summed E-state index contributed by atoms with van der Waals surface area (Å²) in [7, 11) is -3.73. The SMILES string of the molecule is NC(=O)C1CCCN1S(=O)(=O)N1CCC(C(=O)O)CC1. The molecule has 0 spiro atoms. The number of nitrogens with two attached hydrogens (primary N) is 1. The monoisotopic (exact) mass is 305 g/mol. The van der Waals surface area contributed by atoms with Gasteiger partial charge in [0.1, 0.15) is 6.04 Å². The summed E-state index contributed by atoms with van der Waals surface area (Å²) in [5.74, 6) is -2.02. The van der Waals surface area contributed by atoms with Crippen LogP contribution in [-0.2, 0) is 19.8 Å². The maximum atomic E-state index is 12.5. The van der Waals surface area contributed by atoms with Crippen LogP contribution in [0.1, 0.15) is 25.7 Å². The van der Waals surface area contributed by atoms with Gasteiger partial charge in [-0.15, -0.1) is 0 Å². The number of piperidine rings is 1. The first-order valence-corrected chi connectivity index (χ1v) is 8.02. The molecule has 3 N–H and O–H groups in total. The smallest absolute Gasteiger partial charge is 0.306 e. The lowest BCUT2D eigenvalue weighted by atomic mass is 9.99. The second-order valence-electron chi connectivity index (χ2n) is 5.19. The third-order valence-electron chi connectivity index (χ3n) is 3.96. The lowest BCUT2D eigenvalue weighted by Gasteiger charge is -2.33. The number of carbonyl (C=O) groups excluding carboxylic acids is 1. The first kappa shape index (κ1) is 15.2. The third kappa shape index (κ3) is 2.79. The molecule has 2 fully saturated rings. The van der Waals surface area contributed by atoms with E-state index in [1.807, 2.05) is 0 Å². The Morgan fingerprint density at radius 2 is 1.70 bits per heavy atom. The zero-order valence-electron chi connectivity index (χ0n) is 11.1. The third-order valence-corrected chi connectivity index (χ3v) is 6.01. The highest BCUT2D eigenvalue weighted by Gasteiger charge is 2.42. The summed E-state index contributed by atoms with van der Waals surface area (Å²) in [4.78, 5) is 22.2. The van der Waals surface area contributed by atoms with Crippen molar-refractivity contribution in [2.45, 2.75) is 31.7 Å². The topological polar surface area (TPSA) is 121 Å². The number of nitrogens with zero attached hydrogens (tertiary/aromatic N) is 2. The van der Waals surface area contributed by atoms with E-state index in [-0.39, 0.29) is 19.6 Å². The lowest BCUT2D eigenvalue weighted by molar-refractivity contribution is -0.142. The fourth-order valence-corrected chi connectivity index (χ4v) is 4.64. The molecule has 1 unspecified atom stereocenters. The van der Waals surface area contributed by atoms with Crippen LogP contribution in [0.25, 0.3) is 0 Å². The zero-order valence-corrected chi connectivity index (χ0v) is 11.9. The molecule has 0 aromatic rings. The van der Waals surface area contributed by atoms with Crippen molar-refractivity contribution >= 4 is 22.1 Å². The van der Waals surface area contributed by atoms with E-state index in [1.54, 1.807) is 0 Å². The molecule has 2 saturated heterocycles. The zero-order chi connectivity index (χ0) is 14.9. The van der Waals surface area contributed by atoms with Crippen molar-refractivity contribution in [3.05, 3.63) is 0 Å². The number of hydrogen-bond donors (Lipinski definition) is 2. The molecular weight excluding hydrogens is 286 g/mol. The van der Waals surface area contributed by atoms with E-state index < -0.39 is 34.0 Å². The highest BCUT2D eigenvalue weighted by molar-refractivity contribution is 7.86. The van der Waals surface area contributed by atoms with Crippen LogP contribution >= 0.6 is 0 Å². The Hall–Kier alpha value is -1.19. The van der Waals surface area contributed by atoms with Crippen LogP contribution in [0, 0.1) is 5.92 Å². The van der Waals surface area contributed by atoms with Gasteiger partial charge in [0.15, 0.2) is 0 Å². The Morgan fingerprint density at radius 3 is 2.20 bits per heavy atom. The summed E-state index contributed by atoms with van der Waals surface area (Å²) in [5, 5.41) is 8.91. The van der Waals surface area contributed by atoms with Gasteiger partial charge in [-0.2, -0.15) is 17.0 Å². The quantitative estimate of drug-likeness (QED) is 0.688. The molecule has 20 heavy (non-hydrogen) atoms. The molecule has 2 aliphatic rings. The Balaban J connectivity index is 2.08. The first-order valence-electron chi connectivity index (χ1n) is 6.63. The highest BCUT2D eigenvalue weighted by atomic mass is 32.2. The van der Waals surface area contributed by atoms with Crippen LogP contribution < -0.4 is 5.73 Å². The number of amides is 1. The second-order valence-corrected chi connectivity index (χ2v) is 7.07. The van der Waals surface area contributed by atoms with E-state index in [1.165, 1.54) is 4.31 Å². The molecule has 2 heterocycles. The average molecular weight is 305 g/mol. The predicted molar refractivity (Wildman–Crippen MR) is 69.8 cm³/mol. The van der Waals surface area contributed by atoms with Crippen LogP contribution in [0.5, 0.6) is 0 Å². The van der Waals surface area contributed by atoms with Gasteiger partial charge in [0.25, 0.3) is 10.2 Å². The van der Waals surface area contributed by atoms with Crippen molar-refractivity contribution in [3.63, 3.8) is 0 Å². The van der Waals surface area contributed by atoms with E-state index >= 15 is 0 Å².